The van der Waals surface area contributed by atoms with Gasteiger partial charge in [-0.25, -0.2) is 0 Å². The van der Waals surface area contributed by atoms with Crippen molar-refractivity contribution in [1.82, 2.24) is 4.98 Å². The van der Waals surface area contributed by atoms with E-state index in [1.165, 1.54) is 25.4 Å². The van der Waals surface area contributed by atoms with Crippen LogP contribution in [0.5, 0.6) is 5.75 Å². The average Bonchev–Trinajstić information content (AvgIpc) is 2.48. The van der Waals surface area contributed by atoms with Crippen LogP contribution in [-0.2, 0) is 0 Å². The quantitative estimate of drug-likeness (QED) is 0.443. The SMILES string of the molecule is COc1ccc([As]c2ccc([N+](=O)[O-])nc2)c([N+](=O)[O-])c1. The molecule has 0 aliphatic heterocycles. The number of methoxy groups -OCH3 is 1. The Hall–Kier alpha value is -2.47. The first-order valence-corrected chi connectivity index (χ1v) is 7.53. The van der Waals surface area contributed by atoms with Crippen molar-refractivity contribution in [3.63, 3.8) is 0 Å². The zero-order valence-corrected chi connectivity index (χ0v) is 12.7. The van der Waals surface area contributed by atoms with E-state index in [4.69, 9.17) is 4.74 Å². The van der Waals surface area contributed by atoms with Crippen LogP contribution in [0.15, 0.2) is 36.5 Å². The van der Waals surface area contributed by atoms with Gasteiger partial charge in [0.15, 0.2) is 0 Å². The molecule has 1 aromatic heterocycles. The Morgan fingerprint density at radius 1 is 1.14 bits per heavy atom. The molecule has 1 aromatic carbocycles. The molecule has 0 aliphatic carbocycles. The summed E-state index contributed by atoms with van der Waals surface area (Å²) in [5, 5.41) is 21.6. The van der Waals surface area contributed by atoms with Crippen LogP contribution in [0.3, 0.4) is 0 Å². The fourth-order valence-corrected chi connectivity index (χ4v) is 3.56. The van der Waals surface area contributed by atoms with Crippen LogP contribution < -0.4 is 13.4 Å². The molecule has 0 aliphatic rings. The van der Waals surface area contributed by atoms with Crippen LogP contribution in [0.25, 0.3) is 0 Å². The first-order valence-electron chi connectivity index (χ1n) is 5.66. The second-order valence-corrected chi connectivity index (χ2v) is 6.42. The summed E-state index contributed by atoms with van der Waals surface area (Å²) in [6, 6.07) is 7.51. The number of hydrogen-bond donors (Lipinski definition) is 0. The average molecular weight is 350 g/mol. The van der Waals surface area contributed by atoms with Crippen LogP contribution in [0, 0.1) is 20.2 Å². The van der Waals surface area contributed by atoms with Crippen molar-refractivity contribution < 1.29 is 14.6 Å². The van der Waals surface area contributed by atoms with Gasteiger partial charge in [0.05, 0.1) is 0 Å². The molecular formula is C12H9AsN3O5. The summed E-state index contributed by atoms with van der Waals surface area (Å²) in [7, 11) is 1.44. The van der Waals surface area contributed by atoms with Gasteiger partial charge in [-0.15, -0.1) is 0 Å². The molecule has 0 bridgehead atoms. The fourth-order valence-electron chi connectivity index (χ4n) is 1.56. The van der Waals surface area contributed by atoms with Crippen molar-refractivity contribution in [3.8, 4) is 5.75 Å². The molecule has 0 atom stereocenters. The third-order valence-corrected chi connectivity index (χ3v) is 4.94. The van der Waals surface area contributed by atoms with Gasteiger partial charge in [-0.3, -0.25) is 0 Å². The Bertz CT molecular complexity index is 690. The van der Waals surface area contributed by atoms with Gasteiger partial charge >= 0.3 is 125 Å². The number of ether oxygens (including phenoxy) is 1. The third-order valence-electron chi connectivity index (χ3n) is 2.55. The number of nitrogens with zero attached hydrogens (tertiary/aromatic N) is 3. The molecule has 2 aromatic rings. The van der Waals surface area contributed by atoms with E-state index in [1.54, 1.807) is 18.2 Å². The molecule has 0 saturated carbocycles. The predicted molar refractivity (Wildman–Crippen MR) is 75.6 cm³/mol. The van der Waals surface area contributed by atoms with Crippen molar-refractivity contribution >= 4 is 36.0 Å². The molecule has 107 valence electrons. The van der Waals surface area contributed by atoms with Gasteiger partial charge in [-0.1, -0.05) is 0 Å². The van der Waals surface area contributed by atoms with E-state index in [0.717, 1.165) is 4.35 Å². The van der Waals surface area contributed by atoms with E-state index in [2.05, 4.69) is 4.98 Å². The van der Waals surface area contributed by atoms with E-state index < -0.39 is 25.6 Å². The Balaban J connectivity index is 2.30. The fraction of sp³-hybridized carbons (Fsp3) is 0.0833. The van der Waals surface area contributed by atoms with Crippen LogP contribution in [0.2, 0.25) is 0 Å². The van der Waals surface area contributed by atoms with Crippen LogP contribution >= 0.6 is 0 Å². The van der Waals surface area contributed by atoms with Crippen LogP contribution in [-0.4, -0.2) is 37.7 Å². The monoisotopic (exact) mass is 350 g/mol. The van der Waals surface area contributed by atoms with Crippen LogP contribution in [0.1, 0.15) is 0 Å². The number of aromatic nitrogens is 1. The Morgan fingerprint density at radius 3 is 2.43 bits per heavy atom. The minimum atomic E-state index is -0.695. The van der Waals surface area contributed by atoms with E-state index in [9.17, 15) is 20.2 Å². The van der Waals surface area contributed by atoms with Gasteiger partial charge in [-0.05, 0) is 0 Å². The van der Waals surface area contributed by atoms with E-state index in [0.29, 0.717) is 10.1 Å². The number of rotatable bonds is 5. The normalized spacial score (nSPS) is 10.7. The molecule has 21 heavy (non-hydrogen) atoms. The second kappa shape index (κ2) is 6.32. The van der Waals surface area contributed by atoms with Crippen LogP contribution in [0.4, 0.5) is 11.5 Å². The molecule has 0 amide bonds. The van der Waals surface area contributed by atoms with Crippen molar-refractivity contribution in [2.45, 2.75) is 0 Å². The van der Waals surface area contributed by atoms with E-state index >= 15 is 0 Å². The minimum absolute atomic E-state index is 0.0206. The summed E-state index contributed by atoms with van der Waals surface area (Å²) in [6.07, 6.45) is 1.38. The molecule has 0 spiro atoms. The molecule has 1 radical (unpaired) electrons. The van der Waals surface area contributed by atoms with Gasteiger partial charge in [0.25, 0.3) is 0 Å². The molecule has 1 heterocycles. The number of nitro groups is 2. The van der Waals surface area contributed by atoms with E-state index in [1.807, 2.05) is 0 Å². The second-order valence-electron chi connectivity index (χ2n) is 3.86. The summed E-state index contributed by atoms with van der Waals surface area (Å²) in [4.78, 5) is 24.3. The molecule has 0 saturated heterocycles. The third kappa shape index (κ3) is 3.55. The van der Waals surface area contributed by atoms with Gasteiger partial charge in [0, 0.05) is 0 Å². The summed E-state index contributed by atoms with van der Waals surface area (Å²) < 4.78 is 6.29. The number of pyridine rings is 1. The van der Waals surface area contributed by atoms with Crippen molar-refractivity contribution in [2.24, 2.45) is 0 Å². The summed E-state index contributed by atoms with van der Waals surface area (Å²) >= 11 is -0.695. The number of nitro benzene ring substituents is 1. The van der Waals surface area contributed by atoms with Gasteiger partial charge in [-0.2, -0.15) is 0 Å². The number of benzene rings is 1. The van der Waals surface area contributed by atoms with Crippen molar-refractivity contribution in [2.75, 3.05) is 7.11 Å². The van der Waals surface area contributed by atoms with Crippen molar-refractivity contribution in [1.29, 1.82) is 0 Å². The zero-order valence-electron chi connectivity index (χ0n) is 10.8. The van der Waals surface area contributed by atoms with E-state index in [-0.39, 0.29) is 11.5 Å². The molecule has 0 unspecified atom stereocenters. The molecule has 8 nitrogen and oxygen atoms in total. The van der Waals surface area contributed by atoms with Gasteiger partial charge in [0.1, 0.15) is 0 Å². The maximum atomic E-state index is 11.1. The predicted octanol–water partition coefficient (Wildman–Crippen LogP) is 0.562. The topological polar surface area (TPSA) is 108 Å². The van der Waals surface area contributed by atoms with Gasteiger partial charge < -0.3 is 0 Å². The number of hydrogen-bond acceptors (Lipinski definition) is 6. The molecular weight excluding hydrogens is 341 g/mol. The zero-order chi connectivity index (χ0) is 15.4. The molecule has 0 N–H and O–H groups in total. The maximum absolute atomic E-state index is 11.1. The molecule has 9 heteroatoms. The summed E-state index contributed by atoms with van der Waals surface area (Å²) in [5.41, 5.74) is -0.0206. The standard InChI is InChI=1S/C12H9AsN3O5/c1-21-9-3-4-10(11(6-9)15(17)18)13-8-2-5-12(14-7-8)16(19)20/h2-7H,1H3. The summed E-state index contributed by atoms with van der Waals surface area (Å²) in [6.45, 7) is 0. The first kappa shape index (κ1) is 14.9. The van der Waals surface area contributed by atoms with Crippen molar-refractivity contribution in [3.05, 3.63) is 56.8 Å². The summed E-state index contributed by atoms with van der Waals surface area (Å²) in [5.74, 6) is 0.164. The van der Waals surface area contributed by atoms with Gasteiger partial charge in [0.2, 0.25) is 0 Å². The molecule has 0 fully saturated rings. The molecule has 2 rings (SSSR count). The Morgan fingerprint density at radius 2 is 1.90 bits per heavy atom. The first-order chi connectivity index (χ1) is 10.0. The Kier molecular flexibility index (Phi) is 4.49. The Labute approximate surface area is 125 Å².